The van der Waals surface area contributed by atoms with Gasteiger partial charge in [-0.2, -0.15) is 0 Å². The average molecular weight is 464 g/mol. The first-order chi connectivity index (χ1) is 14.3. The van der Waals surface area contributed by atoms with Crippen LogP contribution >= 0.6 is 34.5 Å². The van der Waals surface area contributed by atoms with Gasteiger partial charge in [-0.15, -0.1) is 11.3 Å². The zero-order valence-electron chi connectivity index (χ0n) is 16.2. The maximum absolute atomic E-state index is 12.1. The largest absolute Gasteiger partial charge is 0.482 e. The Bertz CT molecular complexity index is 1050. The molecular formula is C21H19Cl2N3O3S. The summed E-state index contributed by atoms with van der Waals surface area (Å²) in [5.41, 5.74) is 2.65. The van der Waals surface area contributed by atoms with Gasteiger partial charge in [0.2, 0.25) is 5.91 Å². The zero-order chi connectivity index (χ0) is 21.7. The molecule has 0 spiro atoms. The molecule has 0 radical (unpaired) electrons. The zero-order valence-corrected chi connectivity index (χ0v) is 18.6. The monoisotopic (exact) mass is 463 g/mol. The lowest BCUT2D eigenvalue weighted by Gasteiger charge is -2.13. The van der Waals surface area contributed by atoms with Crippen molar-refractivity contribution in [3.05, 3.63) is 63.5 Å². The Morgan fingerprint density at radius 3 is 2.57 bits per heavy atom. The number of carbonyl (C=O) groups is 2. The minimum Gasteiger partial charge on any atom is -0.482 e. The molecule has 0 aliphatic rings. The van der Waals surface area contributed by atoms with Crippen LogP contribution in [0.4, 0.5) is 5.13 Å². The topological polar surface area (TPSA) is 80.3 Å². The Kier molecular flexibility index (Phi) is 7.31. The molecule has 1 atom stereocenters. The molecule has 0 aliphatic heterocycles. The summed E-state index contributed by atoms with van der Waals surface area (Å²) in [5, 5.41) is 8.71. The third kappa shape index (κ3) is 5.95. The number of carbonyl (C=O) groups excluding carboxylic acids is 2. The Morgan fingerprint density at radius 1 is 1.17 bits per heavy atom. The molecule has 3 rings (SSSR count). The molecule has 1 heterocycles. The van der Waals surface area contributed by atoms with Crippen LogP contribution < -0.4 is 15.4 Å². The SMILES string of the molecule is CC(=O)NC(C)c1ccc(-c2csc(NC(=O)COc3ccc(Cl)cc3Cl)n2)cc1. The predicted octanol–water partition coefficient (Wildman–Crippen LogP) is 5.33. The fraction of sp³-hybridized carbons (Fsp3) is 0.190. The van der Waals surface area contributed by atoms with Crippen LogP contribution in [0.15, 0.2) is 47.8 Å². The number of thiazole rings is 1. The number of amides is 2. The summed E-state index contributed by atoms with van der Waals surface area (Å²) in [6.45, 7) is 3.21. The standard InChI is InChI=1S/C21H19Cl2N3O3S/c1-12(24-13(2)27)14-3-5-15(6-4-14)18-11-30-21(25-18)26-20(28)10-29-19-8-7-16(22)9-17(19)23/h3-9,11-12H,10H2,1-2H3,(H,24,27)(H,25,26,28). The highest BCUT2D eigenvalue weighted by molar-refractivity contribution is 7.14. The molecule has 3 aromatic rings. The Hall–Kier alpha value is -2.61. The van der Waals surface area contributed by atoms with Crippen molar-refractivity contribution in [2.75, 3.05) is 11.9 Å². The number of nitrogens with zero attached hydrogens (tertiary/aromatic N) is 1. The van der Waals surface area contributed by atoms with E-state index < -0.39 is 0 Å². The Morgan fingerprint density at radius 2 is 1.90 bits per heavy atom. The lowest BCUT2D eigenvalue weighted by atomic mass is 10.1. The molecule has 1 unspecified atom stereocenters. The van der Waals surface area contributed by atoms with Crippen molar-refractivity contribution in [3.8, 4) is 17.0 Å². The Labute approximate surface area is 188 Å². The van der Waals surface area contributed by atoms with E-state index in [1.807, 2.05) is 36.6 Å². The van der Waals surface area contributed by atoms with Crippen molar-refractivity contribution in [2.45, 2.75) is 19.9 Å². The first kappa shape index (κ1) is 22.1. The number of hydrogen-bond acceptors (Lipinski definition) is 5. The van der Waals surface area contributed by atoms with Crippen molar-refractivity contribution < 1.29 is 14.3 Å². The molecule has 156 valence electrons. The number of anilines is 1. The maximum Gasteiger partial charge on any atom is 0.264 e. The number of halogens is 2. The van der Waals surface area contributed by atoms with Crippen LogP contribution in [0.1, 0.15) is 25.5 Å². The van der Waals surface area contributed by atoms with Crippen LogP contribution in [0.3, 0.4) is 0 Å². The molecule has 0 fully saturated rings. The van der Waals surface area contributed by atoms with E-state index >= 15 is 0 Å². The van der Waals surface area contributed by atoms with Crippen LogP contribution in [0, 0.1) is 0 Å². The maximum atomic E-state index is 12.1. The summed E-state index contributed by atoms with van der Waals surface area (Å²) in [6, 6.07) is 12.5. The van der Waals surface area contributed by atoms with E-state index in [2.05, 4.69) is 15.6 Å². The molecule has 0 saturated carbocycles. The van der Waals surface area contributed by atoms with E-state index in [4.69, 9.17) is 27.9 Å². The Balaban J connectivity index is 1.58. The quantitative estimate of drug-likeness (QED) is 0.495. The van der Waals surface area contributed by atoms with E-state index in [9.17, 15) is 9.59 Å². The smallest absolute Gasteiger partial charge is 0.264 e. The van der Waals surface area contributed by atoms with Gasteiger partial charge in [0.05, 0.1) is 16.8 Å². The third-order valence-corrected chi connectivity index (χ3v) is 5.42. The lowest BCUT2D eigenvalue weighted by Crippen LogP contribution is -2.23. The molecular weight excluding hydrogens is 445 g/mol. The van der Waals surface area contributed by atoms with Crippen molar-refractivity contribution in [1.29, 1.82) is 0 Å². The summed E-state index contributed by atoms with van der Waals surface area (Å²) in [5.74, 6) is -0.0419. The first-order valence-electron chi connectivity index (χ1n) is 9.02. The molecule has 0 aliphatic carbocycles. The first-order valence-corrected chi connectivity index (χ1v) is 10.7. The van der Waals surface area contributed by atoms with Crippen LogP contribution in [0.25, 0.3) is 11.3 Å². The van der Waals surface area contributed by atoms with Crippen LogP contribution in [-0.2, 0) is 9.59 Å². The summed E-state index contributed by atoms with van der Waals surface area (Å²) in [4.78, 5) is 27.8. The minimum atomic E-state index is -0.346. The molecule has 30 heavy (non-hydrogen) atoms. The summed E-state index contributed by atoms with van der Waals surface area (Å²) < 4.78 is 5.42. The van der Waals surface area contributed by atoms with Crippen molar-refractivity contribution in [3.63, 3.8) is 0 Å². The summed E-state index contributed by atoms with van der Waals surface area (Å²) in [7, 11) is 0. The molecule has 0 bridgehead atoms. The van der Waals surface area contributed by atoms with Gasteiger partial charge in [-0.25, -0.2) is 4.98 Å². The predicted molar refractivity (Wildman–Crippen MR) is 120 cm³/mol. The van der Waals surface area contributed by atoms with Gasteiger partial charge in [0, 0.05) is 22.9 Å². The number of ether oxygens (including phenoxy) is 1. The van der Waals surface area contributed by atoms with Gasteiger partial charge in [0.15, 0.2) is 11.7 Å². The van der Waals surface area contributed by atoms with Crippen molar-refractivity contribution >= 4 is 51.5 Å². The van der Waals surface area contributed by atoms with Crippen LogP contribution in [0.2, 0.25) is 10.0 Å². The van der Waals surface area contributed by atoms with Gasteiger partial charge < -0.3 is 10.1 Å². The van der Waals surface area contributed by atoms with Gasteiger partial charge in [0.1, 0.15) is 5.75 Å². The molecule has 2 aromatic carbocycles. The molecule has 2 N–H and O–H groups in total. The van der Waals surface area contributed by atoms with Gasteiger partial charge >= 0.3 is 0 Å². The minimum absolute atomic E-state index is 0.0732. The second-order valence-electron chi connectivity index (χ2n) is 6.49. The van der Waals surface area contributed by atoms with E-state index in [1.54, 1.807) is 18.2 Å². The number of rotatable bonds is 7. The summed E-state index contributed by atoms with van der Waals surface area (Å²) in [6.07, 6.45) is 0. The summed E-state index contributed by atoms with van der Waals surface area (Å²) >= 11 is 13.2. The fourth-order valence-electron chi connectivity index (χ4n) is 2.69. The third-order valence-electron chi connectivity index (χ3n) is 4.13. The van der Waals surface area contributed by atoms with E-state index in [0.717, 1.165) is 16.8 Å². The second-order valence-corrected chi connectivity index (χ2v) is 8.20. The van der Waals surface area contributed by atoms with Gasteiger partial charge in [0.25, 0.3) is 5.91 Å². The van der Waals surface area contributed by atoms with E-state index in [1.165, 1.54) is 18.3 Å². The van der Waals surface area contributed by atoms with E-state index in [0.29, 0.717) is 20.9 Å². The van der Waals surface area contributed by atoms with Crippen LogP contribution in [0.5, 0.6) is 5.75 Å². The normalized spacial score (nSPS) is 11.6. The molecule has 1 aromatic heterocycles. The van der Waals surface area contributed by atoms with Crippen molar-refractivity contribution in [2.24, 2.45) is 0 Å². The molecule has 9 heteroatoms. The van der Waals surface area contributed by atoms with Gasteiger partial charge in [-0.3, -0.25) is 14.9 Å². The lowest BCUT2D eigenvalue weighted by molar-refractivity contribution is -0.119. The number of nitrogens with one attached hydrogen (secondary N) is 2. The molecule has 0 saturated heterocycles. The average Bonchev–Trinajstić information content (AvgIpc) is 3.15. The molecule has 2 amide bonds. The van der Waals surface area contributed by atoms with E-state index in [-0.39, 0.29) is 24.5 Å². The number of aromatic nitrogens is 1. The highest BCUT2D eigenvalue weighted by Crippen LogP contribution is 2.28. The second kappa shape index (κ2) is 9.93. The highest BCUT2D eigenvalue weighted by Gasteiger charge is 2.11. The van der Waals surface area contributed by atoms with Crippen LogP contribution in [-0.4, -0.2) is 23.4 Å². The molecule has 6 nitrogen and oxygen atoms in total. The van der Waals surface area contributed by atoms with Gasteiger partial charge in [-0.1, -0.05) is 47.5 Å². The van der Waals surface area contributed by atoms with Crippen molar-refractivity contribution in [1.82, 2.24) is 10.3 Å². The number of benzene rings is 2. The van der Waals surface area contributed by atoms with Gasteiger partial charge in [-0.05, 0) is 30.7 Å². The fourth-order valence-corrected chi connectivity index (χ4v) is 3.88. The highest BCUT2D eigenvalue weighted by atomic mass is 35.5. The number of hydrogen-bond donors (Lipinski definition) is 2.